The van der Waals surface area contributed by atoms with E-state index < -0.39 is 0 Å². The maximum absolute atomic E-state index is 4.75. The number of likely N-dealkylation sites (tertiary alicyclic amines) is 1. The predicted molar refractivity (Wildman–Crippen MR) is 76.0 cm³/mol. The molecule has 1 spiro atoms. The number of hydrogen-bond donors (Lipinski definition) is 1. The van der Waals surface area contributed by atoms with E-state index in [-0.39, 0.29) is 0 Å². The number of nitrogens with one attached hydrogen (secondary N) is 1. The van der Waals surface area contributed by atoms with Crippen LogP contribution in [0.3, 0.4) is 0 Å². The fraction of sp³-hybridized carbons (Fsp3) is 0.786. The molecule has 0 aromatic carbocycles. The lowest BCUT2D eigenvalue weighted by Gasteiger charge is -2.22. The normalized spacial score (nSPS) is 28.8. The first-order chi connectivity index (χ1) is 8.67. The molecule has 2 aliphatic heterocycles. The molecular weight excluding hydrogens is 242 g/mol. The zero-order valence-corrected chi connectivity index (χ0v) is 12.2. The van der Waals surface area contributed by atoms with Gasteiger partial charge in [-0.25, -0.2) is 4.98 Å². The third kappa shape index (κ3) is 2.46. The summed E-state index contributed by atoms with van der Waals surface area (Å²) in [6.45, 7) is 10.4. The van der Waals surface area contributed by atoms with Crippen molar-refractivity contribution in [2.75, 3.05) is 26.2 Å². The van der Waals surface area contributed by atoms with Gasteiger partial charge in [0.15, 0.2) is 0 Å². The second-order valence-corrected chi connectivity index (χ2v) is 7.11. The molecule has 1 unspecified atom stereocenters. The van der Waals surface area contributed by atoms with Crippen LogP contribution in [-0.2, 0) is 6.54 Å². The molecule has 0 aliphatic carbocycles. The Morgan fingerprint density at radius 2 is 2.39 bits per heavy atom. The van der Waals surface area contributed by atoms with E-state index in [2.05, 4.69) is 29.4 Å². The lowest BCUT2D eigenvalue weighted by atomic mass is 9.87. The lowest BCUT2D eigenvalue weighted by Crippen LogP contribution is -2.29. The van der Waals surface area contributed by atoms with Gasteiger partial charge in [0.2, 0.25) is 0 Å². The fourth-order valence-corrected chi connectivity index (χ4v) is 4.02. The molecule has 3 rings (SSSR count). The molecule has 18 heavy (non-hydrogen) atoms. The monoisotopic (exact) mass is 265 g/mol. The highest BCUT2D eigenvalue weighted by Crippen LogP contribution is 2.36. The summed E-state index contributed by atoms with van der Waals surface area (Å²) < 4.78 is 0. The van der Waals surface area contributed by atoms with E-state index in [9.17, 15) is 0 Å². The Hall–Kier alpha value is -0.450. The molecule has 0 amide bonds. The van der Waals surface area contributed by atoms with Crippen molar-refractivity contribution in [3.8, 4) is 0 Å². The number of thiazole rings is 1. The van der Waals surface area contributed by atoms with Gasteiger partial charge in [0.05, 0.1) is 10.7 Å². The van der Waals surface area contributed by atoms with Crippen LogP contribution in [0.4, 0.5) is 0 Å². The van der Waals surface area contributed by atoms with Crippen LogP contribution in [0.1, 0.15) is 43.3 Å². The van der Waals surface area contributed by atoms with Crippen LogP contribution in [0, 0.1) is 5.41 Å². The Kier molecular flexibility index (Phi) is 3.43. The molecule has 1 atom stereocenters. The van der Waals surface area contributed by atoms with E-state index in [1.165, 1.54) is 49.7 Å². The molecule has 1 aromatic heterocycles. The Morgan fingerprint density at radius 1 is 1.50 bits per heavy atom. The second-order valence-electron chi connectivity index (χ2n) is 6.22. The Balaban J connectivity index is 1.60. The Morgan fingerprint density at radius 3 is 3.06 bits per heavy atom. The van der Waals surface area contributed by atoms with Crippen molar-refractivity contribution in [1.29, 1.82) is 0 Å². The summed E-state index contributed by atoms with van der Waals surface area (Å²) in [6.07, 6.45) is 2.72. The van der Waals surface area contributed by atoms with Crippen molar-refractivity contribution in [1.82, 2.24) is 15.2 Å². The van der Waals surface area contributed by atoms with Crippen molar-refractivity contribution < 1.29 is 0 Å². The maximum Gasteiger partial charge on any atom is 0.0954 e. The minimum absolute atomic E-state index is 0.563. The van der Waals surface area contributed by atoms with Gasteiger partial charge in [-0.1, -0.05) is 13.8 Å². The molecule has 2 saturated heterocycles. The van der Waals surface area contributed by atoms with Crippen LogP contribution < -0.4 is 5.32 Å². The van der Waals surface area contributed by atoms with Gasteiger partial charge in [0.1, 0.15) is 0 Å². The minimum Gasteiger partial charge on any atom is -0.316 e. The molecule has 1 N–H and O–H groups in total. The highest BCUT2D eigenvalue weighted by Gasteiger charge is 2.40. The molecule has 3 heterocycles. The van der Waals surface area contributed by atoms with E-state index in [0.29, 0.717) is 11.3 Å². The summed E-state index contributed by atoms with van der Waals surface area (Å²) in [4.78, 5) is 7.34. The van der Waals surface area contributed by atoms with Crippen LogP contribution >= 0.6 is 11.3 Å². The smallest absolute Gasteiger partial charge is 0.0954 e. The molecule has 4 heteroatoms. The standard InChI is InChI=1S/C14H23N3S/c1-11(2)13-16-12(8-18-13)7-17-6-4-14(10-17)3-5-15-9-14/h8,11,15H,3-7,9-10H2,1-2H3. The van der Waals surface area contributed by atoms with Crippen molar-refractivity contribution in [2.45, 2.75) is 39.2 Å². The summed E-state index contributed by atoms with van der Waals surface area (Å²) in [6, 6.07) is 0. The molecule has 3 nitrogen and oxygen atoms in total. The SMILES string of the molecule is CC(C)c1nc(CN2CCC3(CCNC3)C2)cs1. The summed E-state index contributed by atoms with van der Waals surface area (Å²) in [7, 11) is 0. The van der Waals surface area contributed by atoms with E-state index in [1.54, 1.807) is 0 Å². The van der Waals surface area contributed by atoms with Gasteiger partial charge >= 0.3 is 0 Å². The quantitative estimate of drug-likeness (QED) is 0.910. The fourth-order valence-electron chi connectivity index (χ4n) is 3.20. The van der Waals surface area contributed by atoms with Gasteiger partial charge in [0, 0.05) is 30.9 Å². The molecular formula is C14H23N3S. The first kappa shape index (κ1) is 12.6. The van der Waals surface area contributed by atoms with Crippen molar-refractivity contribution >= 4 is 11.3 Å². The van der Waals surface area contributed by atoms with Gasteiger partial charge in [-0.05, 0) is 31.3 Å². The lowest BCUT2D eigenvalue weighted by molar-refractivity contribution is 0.266. The zero-order chi connectivity index (χ0) is 12.6. The number of hydrogen-bond acceptors (Lipinski definition) is 4. The largest absolute Gasteiger partial charge is 0.316 e. The molecule has 1 aromatic rings. The topological polar surface area (TPSA) is 28.2 Å². The van der Waals surface area contributed by atoms with Crippen molar-refractivity contribution in [3.05, 3.63) is 16.1 Å². The second kappa shape index (κ2) is 4.91. The van der Waals surface area contributed by atoms with Crippen molar-refractivity contribution in [2.24, 2.45) is 5.41 Å². The van der Waals surface area contributed by atoms with Crippen LogP contribution in [-0.4, -0.2) is 36.1 Å². The van der Waals surface area contributed by atoms with Gasteiger partial charge in [-0.3, -0.25) is 4.90 Å². The summed E-state index contributed by atoms with van der Waals surface area (Å²) in [5, 5.41) is 7.04. The Labute approximate surface area is 114 Å². The molecule has 2 fully saturated rings. The van der Waals surface area contributed by atoms with E-state index in [4.69, 9.17) is 4.98 Å². The predicted octanol–water partition coefficient (Wildman–Crippen LogP) is 2.45. The third-order valence-electron chi connectivity index (χ3n) is 4.30. The number of rotatable bonds is 3. The molecule has 2 aliphatic rings. The summed E-state index contributed by atoms with van der Waals surface area (Å²) in [5.74, 6) is 0.563. The summed E-state index contributed by atoms with van der Waals surface area (Å²) in [5.41, 5.74) is 1.85. The molecule has 0 saturated carbocycles. The Bertz CT molecular complexity index is 407. The third-order valence-corrected chi connectivity index (χ3v) is 5.49. The van der Waals surface area contributed by atoms with Gasteiger partial charge in [-0.15, -0.1) is 11.3 Å². The van der Waals surface area contributed by atoms with Gasteiger partial charge < -0.3 is 5.32 Å². The number of aromatic nitrogens is 1. The average Bonchev–Trinajstić information content (AvgIpc) is 3.03. The van der Waals surface area contributed by atoms with E-state index in [0.717, 1.165) is 6.54 Å². The van der Waals surface area contributed by atoms with E-state index >= 15 is 0 Å². The highest BCUT2D eigenvalue weighted by atomic mass is 32.1. The van der Waals surface area contributed by atoms with Crippen LogP contribution in [0.15, 0.2) is 5.38 Å². The van der Waals surface area contributed by atoms with Crippen LogP contribution in [0.25, 0.3) is 0 Å². The first-order valence-corrected chi connectivity index (χ1v) is 7.92. The molecule has 100 valence electrons. The highest BCUT2D eigenvalue weighted by molar-refractivity contribution is 7.09. The zero-order valence-electron chi connectivity index (χ0n) is 11.4. The minimum atomic E-state index is 0.563. The van der Waals surface area contributed by atoms with Crippen LogP contribution in [0.2, 0.25) is 0 Å². The number of nitrogens with zero attached hydrogens (tertiary/aromatic N) is 2. The summed E-state index contributed by atoms with van der Waals surface area (Å²) >= 11 is 1.81. The molecule has 0 bridgehead atoms. The van der Waals surface area contributed by atoms with Gasteiger partial charge in [0.25, 0.3) is 0 Å². The van der Waals surface area contributed by atoms with Gasteiger partial charge in [-0.2, -0.15) is 0 Å². The maximum atomic E-state index is 4.75. The van der Waals surface area contributed by atoms with E-state index in [1.807, 2.05) is 11.3 Å². The first-order valence-electron chi connectivity index (χ1n) is 7.04. The molecule has 0 radical (unpaired) electrons. The van der Waals surface area contributed by atoms with Crippen LogP contribution in [0.5, 0.6) is 0 Å². The van der Waals surface area contributed by atoms with Crippen molar-refractivity contribution in [3.63, 3.8) is 0 Å². The average molecular weight is 265 g/mol.